The van der Waals surface area contributed by atoms with E-state index in [1.54, 1.807) is 0 Å². The highest BCUT2D eigenvalue weighted by Crippen LogP contribution is 2.17. The molecule has 0 aliphatic carbocycles. The normalized spacial score (nSPS) is 10.6. The Balaban J connectivity index is 2.34. The summed E-state index contributed by atoms with van der Waals surface area (Å²) in [4.78, 5) is 22.3. The van der Waals surface area contributed by atoms with Gasteiger partial charge in [0.15, 0.2) is 5.16 Å². The van der Waals surface area contributed by atoms with E-state index in [1.807, 2.05) is 31.2 Å². The van der Waals surface area contributed by atoms with Crippen molar-refractivity contribution in [2.45, 2.75) is 18.5 Å². The number of hydrogen-bond donors (Lipinski definition) is 2. The number of benzene rings is 1. The maximum Gasteiger partial charge on any atom is 0.348 e. The molecule has 0 saturated carbocycles. The second-order valence-corrected chi connectivity index (χ2v) is 4.79. The third-order valence-corrected chi connectivity index (χ3v) is 3.49. The molecule has 0 unspecified atom stereocenters. The summed E-state index contributed by atoms with van der Waals surface area (Å²) in [6.45, 7) is 2.05. The zero-order valence-corrected chi connectivity index (χ0v) is 11.1. The highest BCUT2D eigenvalue weighted by atomic mass is 32.2. The lowest BCUT2D eigenvalue weighted by Gasteiger charge is -2.05. The lowest BCUT2D eigenvalue weighted by atomic mass is 10.1. The van der Waals surface area contributed by atoms with Crippen LogP contribution >= 0.6 is 11.8 Å². The summed E-state index contributed by atoms with van der Waals surface area (Å²) in [5, 5.41) is 15.2. The van der Waals surface area contributed by atoms with Crippen LogP contribution in [-0.2, 0) is 11.2 Å². The third-order valence-electron chi connectivity index (χ3n) is 2.57. The molecule has 0 fully saturated rings. The molecule has 6 nitrogen and oxygen atoms in total. The Morgan fingerprint density at radius 3 is 2.68 bits per heavy atom. The molecular weight excluding hydrogens is 266 g/mol. The van der Waals surface area contributed by atoms with Gasteiger partial charge in [-0.05, 0) is 24.1 Å². The molecule has 0 radical (unpaired) electrons. The van der Waals surface area contributed by atoms with Crippen molar-refractivity contribution < 1.29 is 9.90 Å². The number of nitrogens with one attached hydrogen (secondary N) is 1. The van der Waals surface area contributed by atoms with E-state index in [9.17, 15) is 9.59 Å². The number of aryl methyl sites for hydroxylation is 1. The number of carboxylic acids is 1. The summed E-state index contributed by atoms with van der Waals surface area (Å²) in [7, 11) is 0. The predicted octanol–water partition coefficient (Wildman–Crippen LogP) is 1.30. The predicted molar refractivity (Wildman–Crippen MR) is 71.9 cm³/mol. The molecule has 0 aliphatic heterocycles. The van der Waals surface area contributed by atoms with Crippen molar-refractivity contribution in [3.05, 3.63) is 40.3 Å². The van der Waals surface area contributed by atoms with Crippen LogP contribution in [0.25, 0.3) is 5.69 Å². The number of aromatic nitrogens is 3. The van der Waals surface area contributed by atoms with Gasteiger partial charge in [-0.2, -0.15) is 0 Å². The van der Waals surface area contributed by atoms with Crippen LogP contribution in [0.3, 0.4) is 0 Å². The first kappa shape index (κ1) is 13.4. The van der Waals surface area contributed by atoms with Crippen LogP contribution in [0.15, 0.2) is 34.2 Å². The molecule has 1 heterocycles. The fourth-order valence-corrected chi connectivity index (χ4v) is 2.29. The first-order valence-electron chi connectivity index (χ1n) is 5.73. The van der Waals surface area contributed by atoms with Crippen molar-refractivity contribution in [2.24, 2.45) is 0 Å². The second-order valence-electron chi connectivity index (χ2n) is 3.85. The Bertz CT molecular complexity index is 630. The largest absolute Gasteiger partial charge is 0.481 e. The minimum atomic E-state index is -0.951. The van der Waals surface area contributed by atoms with Crippen molar-refractivity contribution in [1.82, 2.24) is 14.8 Å². The molecule has 2 rings (SSSR count). The van der Waals surface area contributed by atoms with Gasteiger partial charge in [0, 0.05) is 0 Å². The molecular formula is C12H13N3O3S. The SMILES string of the molecule is CCc1ccc(-n2c(SCC(=O)O)n[nH]c2=O)cc1. The number of hydrogen-bond acceptors (Lipinski definition) is 4. The standard InChI is InChI=1S/C12H13N3O3S/c1-2-8-3-5-9(6-4-8)15-11(18)13-14-12(15)19-7-10(16)17/h3-6H,2,7H2,1H3,(H,13,18)(H,16,17). The summed E-state index contributed by atoms with van der Waals surface area (Å²) < 4.78 is 1.37. The fourth-order valence-electron chi connectivity index (χ4n) is 1.61. The fraction of sp³-hybridized carbons (Fsp3) is 0.250. The van der Waals surface area contributed by atoms with Gasteiger partial charge in [-0.3, -0.25) is 4.79 Å². The maximum absolute atomic E-state index is 11.7. The molecule has 0 amide bonds. The van der Waals surface area contributed by atoms with Gasteiger partial charge < -0.3 is 5.11 Å². The van der Waals surface area contributed by atoms with E-state index in [0.29, 0.717) is 10.8 Å². The lowest BCUT2D eigenvalue weighted by molar-refractivity contribution is -0.133. The van der Waals surface area contributed by atoms with Crippen molar-refractivity contribution in [3.63, 3.8) is 0 Å². The summed E-state index contributed by atoms with van der Waals surface area (Å²) in [6, 6.07) is 7.50. The van der Waals surface area contributed by atoms with Crippen LogP contribution in [-0.4, -0.2) is 31.6 Å². The summed E-state index contributed by atoms with van der Waals surface area (Å²) in [5.41, 5.74) is 1.46. The van der Waals surface area contributed by atoms with Crippen molar-refractivity contribution in [2.75, 3.05) is 5.75 Å². The van der Waals surface area contributed by atoms with Crippen LogP contribution in [0, 0.1) is 0 Å². The van der Waals surface area contributed by atoms with Crippen LogP contribution in [0.2, 0.25) is 0 Å². The van der Waals surface area contributed by atoms with E-state index in [1.165, 1.54) is 10.1 Å². The Morgan fingerprint density at radius 2 is 2.11 bits per heavy atom. The molecule has 2 N–H and O–H groups in total. The molecule has 2 aromatic rings. The quantitative estimate of drug-likeness (QED) is 0.805. The smallest absolute Gasteiger partial charge is 0.348 e. The van der Waals surface area contributed by atoms with Gasteiger partial charge in [-0.1, -0.05) is 30.8 Å². The molecule has 0 bridgehead atoms. The molecule has 19 heavy (non-hydrogen) atoms. The van der Waals surface area contributed by atoms with Crippen molar-refractivity contribution >= 4 is 17.7 Å². The first-order chi connectivity index (χ1) is 9.11. The third kappa shape index (κ3) is 3.05. The number of carboxylic acid groups (broad SMARTS) is 1. The molecule has 7 heteroatoms. The summed E-state index contributed by atoms with van der Waals surface area (Å²) in [5.74, 6) is -1.09. The van der Waals surface area contributed by atoms with Gasteiger partial charge in [-0.15, -0.1) is 5.10 Å². The van der Waals surface area contributed by atoms with E-state index in [2.05, 4.69) is 10.2 Å². The topological polar surface area (TPSA) is 88.0 Å². The number of nitrogens with zero attached hydrogens (tertiary/aromatic N) is 2. The minimum Gasteiger partial charge on any atom is -0.481 e. The van der Waals surface area contributed by atoms with Gasteiger partial charge in [0.1, 0.15) is 0 Å². The Labute approximate surface area is 113 Å². The van der Waals surface area contributed by atoms with Crippen LogP contribution in [0.1, 0.15) is 12.5 Å². The highest BCUT2D eigenvalue weighted by Gasteiger charge is 2.12. The van der Waals surface area contributed by atoms with Gasteiger partial charge in [0.25, 0.3) is 0 Å². The Hall–Kier alpha value is -2.02. The molecule has 0 aliphatic rings. The van der Waals surface area contributed by atoms with E-state index in [4.69, 9.17) is 5.11 Å². The van der Waals surface area contributed by atoms with Crippen molar-refractivity contribution in [1.29, 1.82) is 0 Å². The second kappa shape index (κ2) is 5.75. The summed E-state index contributed by atoms with van der Waals surface area (Å²) >= 11 is 1.00. The van der Waals surface area contributed by atoms with Crippen LogP contribution in [0.5, 0.6) is 0 Å². The van der Waals surface area contributed by atoms with Crippen molar-refractivity contribution in [3.8, 4) is 5.69 Å². The molecule has 100 valence electrons. The number of aromatic amines is 1. The highest BCUT2D eigenvalue weighted by molar-refractivity contribution is 7.99. The van der Waals surface area contributed by atoms with Crippen LogP contribution < -0.4 is 5.69 Å². The van der Waals surface area contributed by atoms with Gasteiger partial charge in [-0.25, -0.2) is 14.5 Å². The number of rotatable bonds is 5. The van der Waals surface area contributed by atoms with E-state index in [-0.39, 0.29) is 11.4 Å². The van der Waals surface area contributed by atoms with E-state index in [0.717, 1.165) is 18.2 Å². The number of H-pyrrole nitrogens is 1. The average Bonchev–Trinajstić information content (AvgIpc) is 2.78. The zero-order chi connectivity index (χ0) is 13.8. The monoisotopic (exact) mass is 279 g/mol. The lowest BCUT2D eigenvalue weighted by Crippen LogP contribution is -2.15. The van der Waals surface area contributed by atoms with Gasteiger partial charge in [0.05, 0.1) is 11.4 Å². The average molecular weight is 279 g/mol. The molecule has 0 atom stereocenters. The molecule has 0 spiro atoms. The molecule has 1 aromatic carbocycles. The summed E-state index contributed by atoms with van der Waals surface area (Å²) in [6.07, 6.45) is 0.918. The zero-order valence-electron chi connectivity index (χ0n) is 10.3. The van der Waals surface area contributed by atoms with Gasteiger partial charge >= 0.3 is 11.7 Å². The maximum atomic E-state index is 11.7. The number of thioether (sulfide) groups is 1. The van der Waals surface area contributed by atoms with E-state index >= 15 is 0 Å². The number of carbonyl (C=O) groups is 1. The van der Waals surface area contributed by atoms with Crippen LogP contribution in [0.4, 0.5) is 0 Å². The minimum absolute atomic E-state index is 0.142. The molecule has 0 saturated heterocycles. The number of aliphatic carboxylic acids is 1. The first-order valence-corrected chi connectivity index (χ1v) is 6.71. The molecule has 1 aromatic heterocycles. The van der Waals surface area contributed by atoms with Gasteiger partial charge in [0.2, 0.25) is 0 Å². The Morgan fingerprint density at radius 1 is 1.42 bits per heavy atom. The Kier molecular flexibility index (Phi) is 4.06. The van der Waals surface area contributed by atoms with E-state index < -0.39 is 5.97 Å².